The van der Waals surface area contributed by atoms with Crippen LogP contribution in [0.4, 0.5) is 0 Å². The van der Waals surface area contributed by atoms with Crippen molar-refractivity contribution < 1.29 is 179 Å². The Labute approximate surface area is 657 Å². The largest absolute Gasteiger partial charge is 0.394 e. The molecule has 22 fully saturated rings. The van der Waals surface area contributed by atoms with Gasteiger partial charge in [-0.05, 0) is 128 Å². The molecule has 22 aliphatic heterocycles. The molecule has 4 aromatic carbocycles. The minimum atomic E-state index is -4.95. The Morgan fingerprint density at radius 3 is 0.526 bits per heavy atom. The van der Waals surface area contributed by atoms with E-state index in [4.69, 9.17) is 73.6 Å². The zero-order chi connectivity index (χ0) is 83.8. The molecule has 640 valence electrons. The number of aryl methyl sites for hydroxylation is 12. The van der Waals surface area contributed by atoms with E-state index in [0.29, 0.717) is 22.3 Å². The van der Waals surface area contributed by atoms with Crippen molar-refractivity contribution in [1.82, 2.24) is 0 Å². The maximum atomic E-state index is 14.5. The Hall–Kier alpha value is -4.52. The Bertz CT molecular complexity index is 4280. The van der Waals surface area contributed by atoms with Gasteiger partial charge in [-0.15, -0.1) is 0 Å². The zero-order valence-corrected chi connectivity index (χ0v) is 67.1. The molecule has 114 heavy (non-hydrogen) atoms. The lowest BCUT2D eigenvalue weighted by molar-refractivity contribution is -0.403. The van der Waals surface area contributed by atoms with E-state index in [-0.39, 0.29) is 64.1 Å². The average molecular weight is 1700 g/mol. The quantitative estimate of drug-likeness (QED) is 0.0426. The van der Waals surface area contributed by atoms with E-state index in [1.807, 2.05) is 0 Å². The first-order valence-corrected chi connectivity index (χ1v) is 42.1. The number of hydrogen-bond donors (Lipinski definition) is 14. The van der Waals surface area contributed by atoms with Crippen LogP contribution in [0.5, 0.6) is 0 Å². The second kappa shape index (κ2) is 35.7. The minimum Gasteiger partial charge on any atom is -0.394 e. The van der Waals surface area contributed by atoms with Crippen molar-refractivity contribution in [3.05, 3.63) is 115 Å². The lowest BCUT2D eigenvalue weighted by Crippen LogP contribution is -2.69. The van der Waals surface area contributed by atoms with Gasteiger partial charge >= 0.3 is 0 Å². The maximum absolute atomic E-state index is 14.5. The van der Waals surface area contributed by atoms with Crippen molar-refractivity contribution in [3.8, 4) is 0 Å². The molecule has 30 atom stereocenters. The summed E-state index contributed by atoms with van der Waals surface area (Å²) in [7, 11) is -19.7. The molecular formula is C72H100O38S4. The van der Waals surface area contributed by atoms with Crippen molar-refractivity contribution in [1.29, 1.82) is 0 Å². The standard InChI is InChI=1S/C72H100O38S4/c1-27-13-31(5)63(32(6)14-27)111(87,88)95-23-41-59-48(78)54(84)70(102-41)109-61-43(25-97-113(91,92)65-35(9)17-29(3)18-36(65)10)104-72(56(86)50(61)80)110-62-44(26-98-114(93,94)66-37(11)19-30(4)20-38(66)12)103-71(55(85)49(62)79)108-60-42(24-96-112(89,90)64-33(7)15-28(2)16-34(64)8)101-69(53(83)47(60)77)106-58-40(22-74)99-67(51(81)45(58)75)105-57-39(21-73)100-68(107-59)52(82)46(57)76/h13-20,39-62,67-86H,21-26H2,1-12H3/t39-,40-,41-,42-,43-,44-,45-,46-,47-,48-,49-,50-,51-,52-,53-,54-,55-,56-,57-,58-,59-,60-,61-,62-,67-,68-,69-,70-,71-,72-/m1/s1. The number of rotatable bonds is 18. The monoisotopic (exact) mass is 1700 g/mol. The second-order valence-electron chi connectivity index (χ2n) is 30.0. The lowest BCUT2D eigenvalue weighted by atomic mass is 9.94. The van der Waals surface area contributed by atoms with E-state index < -0.39 is 264 Å². The smallest absolute Gasteiger partial charge is 0.297 e. The molecule has 0 aliphatic carbocycles. The Balaban J connectivity index is 1.01. The van der Waals surface area contributed by atoms with Crippen LogP contribution in [0.15, 0.2) is 68.1 Å². The molecule has 22 aliphatic rings. The van der Waals surface area contributed by atoms with Gasteiger partial charge in [-0.3, -0.25) is 16.7 Å². The van der Waals surface area contributed by atoms with Gasteiger partial charge in [-0.2, -0.15) is 33.7 Å². The van der Waals surface area contributed by atoms with E-state index in [1.54, 1.807) is 27.7 Å². The van der Waals surface area contributed by atoms with Crippen LogP contribution in [0.25, 0.3) is 0 Å². The van der Waals surface area contributed by atoms with E-state index >= 15 is 0 Å². The maximum Gasteiger partial charge on any atom is 0.297 e. The molecule has 0 amide bonds. The summed E-state index contributed by atoms with van der Waals surface area (Å²) in [5.74, 6) is 0. The Kier molecular flexibility index (Phi) is 28.2. The van der Waals surface area contributed by atoms with E-state index in [0.717, 1.165) is 0 Å². The Morgan fingerprint density at radius 1 is 0.237 bits per heavy atom. The van der Waals surface area contributed by atoms with Crippen LogP contribution in [0, 0.1) is 83.1 Å². The molecule has 14 N–H and O–H groups in total. The minimum absolute atomic E-state index is 0.184. The van der Waals surface area contributed by atoms with Gasteiger partial charge in [0.2, 0.25) is 0 Å². The summed E-state index contributed by atoms with van der Waals surface area (Å²) in [6, 6.07) is 12.2. The molecule has 42 heteroatoms. The highest BCUT2D eigenvalue weighted by Gasteiger charge is 2.60. The Morgan fingerprint density at radius 2 is 0.377 bits per heavy atom. The molecule has 0 saturated carbocycles. The van der Waals surface area contributed by atoms with Gasteiger partial charge < -0.3 is 128 Å². The molecule has 22 heterocycles. The van der Waals surface area contributed by atoms with Crippen LogP contribution in [0.1, 0.15) is 66.8 Å². The zero-order valence-electron chi connectivity index (χ0n) is 63.9. The fourth-order valence-electron chi connectivity index (χ4n) is 16.0. The predicted molar refractivity (Wildman–Crippen MR) is 383 cm³/mol. The topological polar surface area (TPSA) is 567 Å². The first-order chi connectivity index (χ1) is 53.3. The number of hydrogen-bond acceptors (Lipinski definition) is 38. The molecule has 0 radical (unpaired) electrons. The first-order valence-electron chi connectivity index (χ1n) is 36.4. The predicted octanol–water partition coefficient (Wildman–Crippen LogP) is -3.70. The van der Waals surface area contributed by atoms with Crippen molar-refractivity contribution in [2.75, 3.05) is 39.6 Å². The number of benzene rings is 4. The van der Waals surface area contributed by atoms with Crippen LogP contribution in [0.3, 0.4) is 0 Å². The fourth-order valence-corrected chi connectivity index (χ4v) is 21.3. The number of aliphatic hydroxyl groups is 14. The first kappa shape index (κ1) is 90.2. The van der Waals surface area contributed by atoms with E-state index in [9.17, 15) is 105 Å². The summed E-state index contributed by atoms with van der Waals surface area (Å²) < 4.78 is 211. The molecule has 0 aromatic heterocycles. The highest BCUT2D eigenvalue weighted by molar-refractivity contribution is 7.87. The van der Waals surface area contributed by atoms with Gasteiger partial charge in [0.15, 0.2) is 37.7 Å². The highest BCUT2D eigenvalue weighted by Crippen LogP contribution is 2.41. The number of ether oxygens (including phenoxy) is 12. The van der Waals surface area contributed by atoms with Gasteiger partial charge in [0, 0.05) is 0 Å². The molecule has 26 rings (SSSR count). The SMILES string of the molecule is Cc1cc(C)c(S(=O)(=O)OC[C@H]2O[C@@H]3O[C@H]4[C@H](O)[C@@H](O)[C@@H](O[C@H]5[C@H](O)[C@@H](O)[C@@H](O[C@H]6[C@H](O)[C@@H](O)[C@@H](O[C@H]7[C@H](O)[C@@H](O)[C@@H](O[C@H]8[C@H](O)[C@@H](O)[C@@H](O[C@H]2[C@H](O)[C@H]3O)O[C@@H]8CO)O[C@@H]7CO)O[C@@H]6COS(=O)(=O)c2c(C)cc(C)cc2C)O[C@@H]5COS(=O)(=O)c2c(C)cc(C)cc2C)O[C@@H]4COS(=O)(=O)c2c(C)cc(C)cc2C)c(C)c1. The van der Waals surface area contributed by atoms with Crippen LogP contribution >= 0.6 is 0 Å². The lowest BCUT2D eigenvalue weighted by Gasteiger charge is -2.51. The summed E-state index contributed by atoms with van der Waals surface area (Å²) >= 11 is 0. The summed E-state index contributed by atoms with van der Waals surface area (Å²) in [4.78, 5) is -1.36. The van der Waals surface area contributed by atoms with Gasteiger partial charge in [-0.1, -0.05) is 70.8 Å². The molecule has 38 nitrogen and oxygen atoms in total. The van der Waals surface area contributed by atoms with Crippen LogP contribution in [0.2, 0.25) is 0 Å². The summed E-state index contributed by atoms with van der Waals surface area (Å²) in [6.07, 6.45) is -69.2. The van der Waals surface area contributed by atoms with Gasteiger partial charge in [0.1, 0.15) is 146 Å². The fraction of sp³-hybridized carbons (Fsp3) is 0.667. The second-order valence-corrected chi connectivity index (χ2v) is 36.2. The molecule has 12 bridgehead atoms. The van der Waals surface area contributed by atoms with Gasteiger partial charge in [0.05, 0.1) is 59.2 Å². The normalized spacial score (nSPS) is 37.6. The molecule has 22 saturated heterocycles. The third kappa shape index (κ3) is 18.7. The van der Waals surface area contributed by atoms with Crippen LogP contribution in [-0.2, 0) is 114 Å². The summed E-state index contributed by atoms with van der Waals surface area (Å²) in [5, 5.41) is 168. The van der Waals surface area contributed by atoms with E-state index in [1.165, 1.54) is 104 Å². The van der Waals surface area contributed by atoms with E-state index in [2.05, 4.69) is 0 Å². The van der Waals surface area contributed by atoms with Crippen molar-refractivity contribution in [3.63, 3.8) is 0 Å². The summed E-state index contributed by atoms with van der Waals surface area (Å²) in [6.45, 7) is 11.1. The number of aliphatic hydroxyl groups excluding tert-OH is 14. The average Bonchev–Trinajstić information content (AvgIpc) is 0.762. The molecule has 4 aromatic rings. The van der Waals surface area contributed by atoms with Gasteiger partial charge in [0.25, 0.3) is 40.5 Å². The van der Waals surface area contributed by atoms with Crippen molar-refractivity contribution in [2.45, 2.75) is 287 Å². The van der Waals surface area contributed by atoms with Crippen LogP contribution < -0.4 is 0 Å². The molecule has 0 spiro atoms. The summed E-state index contributed by atoms with van der Waals surface area (Å²) in [5.41, 5.74) is 4.15. The van der Waals surface area contributed by atoms with Crippen molar-refractivity contribution >= 4 is 40.5 Å². The third-order valence-electron chi connectivity index (χ3n) is 20.9. The molecular weight excluding hydrogens is 1600 g/mol. The highest BCUT2D eigenvalue weighted by atomic mass is 32.2. The van der Waals surface area contributed by atoms with Crippen molar-refractivity contribution in [2.24, 2.45) is 0 Å². The molecule has 0 unspecified atom stereocenters. The van der Waals surface area contributed by atoms with Crippen LogP contribution in [-0.4, -0.2) is 329 Å². The van der Waals surface area contributed by atoms with Gasteiger partial charge in [-0.25, -0.2) is 0 Å². The third-order valence-corrected chi connectivity index (χ3v) is 27.3.